The third kappa shape index (κ3) is 4.75. The Labute approximate surface area is 200 Å². The Morgan fingerprint density at radius 1 is 1.06 bits per heavy atom. The Morgan fingerprint density at radius 2 is 1.88 bits per heavy atom. The van der Waals surface area contributed by atoms with Gasteiger partial charge in [-0.3, -0.25) is 29.6 Å². The maximum Gasteiger partial charge on any atom is 0.255 e. The van der Waals surface area contributed by atoms with Crippen LogP contribution in [0.4, 0.5) is 0 Å². The first-order chi connectivity index (χ1) is 16.5. The van der Waals surface area contributed by atoms with Crippen molar-refractivity contribution in [3.05, 3.63) is 64.5 Å². The molecular weight excluding hydrogens is 428 g/mol. The van der Waals surface area contributed by atoms with Crippen LogP contribution >= 0.6 is 0 Å². The predicted molar refractivity (Wildman–Crippen MR) is 128 cm³/mol. The largest absolute Gasteiger partial charge is 0.322 e. The Kier molecular flexibility index (Phi) is 6.46. The topological polar surface area (TPSA) is 82.6 Å². The fourth-order valence-electron chi connectivity index (χ4n) is 5.53. The SMILES string of the molecule is Cc1ccc(CN2CCC(CCc3cccc4c3CN(C3CCC(=O)NC3=O)C4=O)CC2)cn1. The van der Waals surface area contributed by atoms with Gasteiger partial charge in [-0.05, 0) is 86.9 Å². The standard InChI is InChI=1S/C27H32N4O3/c1-18-5-6-20(15-28-18)16-30-13-11-19(12-14-30)7-8-21-3-2-4-22-23(21)17-31(27(22)34)24-9-10-25(32)29-26(24)33/h2-6,15,19,24H,7-14,16-17H2,1H3,(H,29,32,33). The molecule has 3 aliphatic rings. The van der Waals surface area contributed by atoms with E-state index in [-0.39, 0.29) is 24.1 Å². The Morgan fingerprint density at radius 3 is 2.62 bits per heavy atom. The first-order valence-corrected chi connectivity index (χ1v) is 12.4. The third-order valence-electron chi connectivity index (χ3n) is 7.59. The number of likely N-dealkylation sites (tertiary alicyclic amines) is 1. The molecule has 2 fully saturated rings. The molecule has 2 aromatic rings. The lowest BCUT2D eigenvalue weighted by Gasteiger charge is -2.32. The molecule has 34 heavy (non-hydrogen) atoms. The summed E-state index contributed by atoms with van der Waals surface area (Å²) in [4.78, 5) is 45.4. The van der Waals surface area contributed by atoms with Gasteiger partial charge in [0, 0.05) is 37.0 Å². The Hall–Kier alpha value is -3.06. The number of carbonyl (C=O) groups excluding carboxylic acids is 3. The van der Waals surface area contributed by atoms with Crippen molar-refractivity contribution in [2.75, 3.05) is 13.1 Å². The number of hydrogen-bond donors (Lipinski definition) is 1. The number of amides is 3. The van der Waals surface area contributed by atoms with Crippen molar-refractivity contribution in [2.45, 2.75) is 64.6 Å². The van der Waals surface area contributed by atoms with Crippen LogP contribution in [0.25, 0.3) is 0 Å². The highest BCUT2D eigenvalue weighted by atomic mass is 16.2. The lowest BCUT2D eigenvalue weighted by Crippen LogP contribution is -2.52. The summed E-state index contributed by atoms with van der Waals surface area (Å²) in [7, 11) is 0. The van der Waals surface area contributed by atoms with Crippen LogP contribution in [0.1, 0.15) is 64.8 Å². The highest BCUT2D eigenvalue weighted by molar-refractivity contribution is 6.05. The molecule has 1 atom stereocenters. The third-order valence-corrected chi connectivity index (χ3v) is 7.59. The number of nitrogens with zero attached hydrogens (tertiary/aromatic N) is 3. The van der Waals surface area contributed by atoms with Gasteiger partial charge in [0.25, 0.3) is 5.91 Å². The van der Waals surface area contributed by atoms with Crippen LogP contribution < -0.4 is 5.32 Å². The maximum absolute atomic E-state index is 13.0. The average Bonchev–Trinajstić information content (AvgIpc) is 3.17. The number of nitrogens with one attached hydrogen (secondary N) is 1. The number of imide groups is 1. The zero-order valence-corrected chi connectivity index (χ0v) is 19.8. The van der Waals surface area contributed by atoms with E-state index in [1.165, 1.54) is 24.0 Å². The zero-order valence-electron chi connectivity index (χ0n) is 19.8. The molecule has 0 saturated carbocycles. The van der Waals surface area contributed by atoms with Gasteiger partial charge >= 0.3 is 0 Å². The Balaban J connectivity index is 1.16. The molecule has 3 aliphatic heterocycles. The minimum atomic E-state index is -0.557. The molecule has 1 unspecified atom stereocenters. The van der Waals surface area contributed by atoms with Gasteiger partial charge < -0.3 is 4.90 Å². The van der Waals surface area contributed by atoms with E-state index in [1.807, 2.05) is 25.3 Å². The molecule has 7 nitrogen and oxygen atoms in total. The van der Waals surface area contributed by atoms with E-state index >= 15 is 0 Å². The average molecular weight is 461 g/mol. The predicted octanol–water partition coefficient (Wildman–Crippen LogP) is 3.00. The van der Waals surface area contributed by atoms with Crippen molar-refractivity contribution in [1.29, 1.82) is 0 Å². The smallest absolute Gasteiger partial charge is 0.255 e. The van der Waals surface area contributed by atoms with Crippen molar-refractivity contribution in [3.63, 3.8) is 0 Å². The summed E-state index contributed by atoms with van der Waals surface area (Å²) in [6.07, 6.45) is 7.11. The molecule has 0 spiro atoms. The number of pyridine rings is 1. The minimum absolute atomic E-state index is 0.0924. The molecule has 0 bridgehead atoms. The van der Waals surface area contributed by atoms with Gasteiger partial charge in [0.1, 0.15) is 6.04 Å². The van der Waals surface area contributed by atoms with E-state index in [4.69, 9.17) is 0 Å². The van der Waals surface area contributed by atoms with Crippen LogP contribution in [-0.4, -0.2) is 51.6 Å². The van der Waals surface area contributed by atoms with Crippen molar-refractivity contribution in [2.24, 2.45) is 5.92 Å². The Bertz CT molecular complexity index is 1090. The van der Waals surface area contributed by atoms with E-state index in [0.29, 0.717) is 24.4 Å². The number of carbonyl (C=O) groups is 3. The number of benzene rings is 1. The summed E-state index contributed by atoms with van der Waals surface area (Å²) in [5, 5.41) is 2.38. The molecule has 1 N–H and O–H groups in total. The van der Waals surface area contributed by atoms with Crippen LogP contribution in [0.15, 0.2) is 36.5 Å². The summed E-state index contributed by atoms with van der Waals surface area (Å²) in [6.45, 7) is 5.64. The lowest BCUT2D eigenvalue weighted by molar-refractivity contribution is -0.136. The molecule has 178 valence electrons. The number of aryl methyl sites for hydroxylation is 2. The molecule has 0 aliphatic carbocycles. The summed E-state index contributed by atoms with van der Waals surface area (Å²) in [5.41, 5.74) is 5.31. The quantitative estimate of drug-likeness (QED) is 0.670. The molecular formula is C27H32N4O3. The molecule has 1 aromatic heterocycles. The first-order valence-electron chi connectivity index (χ1n) is 12.4. The van der Waals surface area contributed by atoms with Crippen molar-refractivity contribution in [1.82, 2.24) is 20.1 Å². The second-order valence-corrected chi connectivity index (χ2v) is 9.91. The van der Waals surface area contributed by atoms with Gasteiger partial charge in [-0.25, -0.2) is 0 Å². The normalized spacial score (nSPS) is 21.6. The van der Waals surface area contributed by atoms with E-state index in [1.54, 1.807) is 4.90 Å². The highest BCUT2D eigenvalue weighted by Crippen LogP contribution is 2.32. The number of piperidine rings is 2. The van der Waals surface area contributed by atoms with Gasteiger partial charge in [0.05, 0.1) is 0 Å². The van der Waals surface area contributed by atoms with Gasteiger partial charge in [0.15, 0.2) is 0 Å². The van der Waals surface area contributed by atoms with E-state index in [0.717, 1.165) is 43.7 Å². The minimum Gasteiger partial charge on any atom is -0.322 e. The monoisotopic (exact) mass is 460 g/mol. The number of hydrogen-bond acceptors (Lipinski definition) is 5. The molecule has 7 heteroatoms. The first kappa shape index (κ1) is 22.7. The van der Waals surface area contributed by atoms with Gasteiger partial charge in [0.2, 0.25) is 11.8 Å². The van der Waals surface area contributed by atoms with E-state index in [2.05, 4.69) is 33.4 Å². The summed E-state index contributed by atoms with van der Waals surface area (Å²) >= 11 is 0. The second kappa shape index (κ2) is 9.66. The molecule has 0 radical (unpaired) electrons. The van der Waals surface area contributed by atoms with Gasteiger partial charge in [-0.1, -0.05) is 18.2 Å². The molecule has 4 heterocycles. The molecule has 1 aromatic carbocycles. The van der Waals surface area contributed by atoms with Crippen molar-refractivity contribution < 1.29 is 14.4 Å². The number of rotatable bonds is 6. The van der Waals surface area contributed by atoms with Gasteiger partial charge in [-0.15, -0.1) is 0 Å². The van der Waals surface area contributed by atoms with Crippen LogP contribution in [-0.2, 0) is 29.1 Å². The summed E-state index contributed by atoms with van der Waals surface area (Å²) < 4.78 is 0. The number of aromatic nitrogens is 1. The molecule has 5 rings (SSSR count). The van der Waals surface area contributed by atoms with Crippen LogP contribution in [0.3, 0.4) is 0 Å². The second-order valence-electron chi connectivity index (χ2n) is 9.91. The fourth-order valence-corrected chi connectivity index (χ4v) is 5.53. The zero-order chi connectivity index (χ0) is 23.7. The highest BCUT2D eigenvalue weighted by Gasteiger charge is 2.39. The molecule has 3 amide bonds. The lowest BCUT2D eigenvalue weighted by atomic mass is 9.89. The van der Waals surface area contributed by atoms with E-state index < -0.39 is 6.04 Å². The van der Waals surface area contributed by atoms with Gasteiger partial charge in [-0.2, -0.15) is 0 Å². The fraction of sp³-hybridized carbons (Fsp3) is 0.481. The van der Waals surface area contributed by atoms with Crippen LogP contribution in [0, 0.1) is 12.8 Å². The number of fused-ring (bicyclic) bond motifs is 1. The van der Waals surface area contributed by atoms with Crippen molar-refractivity contribution in [3.8, 4) is 0 Å². The van der Waals surface area contributed by atoms with Crippen molar-refractivity contribution >= 4 is 17.7 Å². The summed E-state index contributed by atoms with van der Waals surface area (Å²) in [5.74, 6) is -0.0170. The maximum atomic E-state index is 13.0. The summed E-state index contributed by atoms with van der Waals surface area (Å²) in [6, 6.07) is 9.64. The van der Waals surface area contributed by atoms with Crippen LogP contribution in [0.2, 0.25) is 0 Å². The molecule has 2 saturated heterocycles. The van der Waals surface area contributed by atoms with Crippen LogP contribution in [0.5, 0.6) is 0 Å². The van der Waals surface area contributed by atoms with E-state index in [9.17, 15) is 14.4 Å².